The molecule has 2 saturated heterocycles. The summed E-state index contributed by atoms with van der Waals surface area (Å²) in [6.07, 6.45) is 4.80. The third-order valence-corrected chi connectivity index (χ3v) is 8.99. The molecule has 0 atom stereocenters. The van der Waals surface area contributed by atoms with E-state index in [0.29, 0.717) is 11.8 Å². The van der Waals surface area contributed by atoms with Crippen LogP contribution in [0.2, 0.25) is 0 Å². The normalized spacial score (nSPS) is 17.8. The number of nitrogens with one attached hydrogen (secondary N) is 2. The van der Waals surface area contributed by atoms with Crippen LogP contribution in [-0.4, -0.2) is 83.2 Å². The van der Waals surface area contributed by atoms with Crippen LogP contribution in [-0.2, 0) is 0 Å². The fourth-order valence-electron chi connectivity index (χ4n) is 6.10. The predicted octanol–water partition coefficient (Wildman–Crippen LogP) is 6.21. The Morgan fingerprint density at radius 3 is 1.43 bits per heavy atom. The van der Waals surface area contributed by atoms with Crippen LogP contribution in [0.5, 0.6) is 11.5 Å². The number of piperidine rings is 2. The van der Waals surface area contributed by atoms with Crippen molar-refractivity contribution in [3.05, 3.63) is 60.7 Å². The van der Waals surface area contributed by atoms with Crippen molar-refractivity contribution in [2.45, 2.75) is 25.7 Å². The minimum Gasteiger partial charge on any atom is -0.493 e. The van der Waals surface area contributed by atoms with Crippen molar-refractivity contribution >= 4 is 22.1 Å². The third kappa shape index (κ3) is 6.01. The first-order valence-electron chi connectivity index (χ1n) is 15.3. The van der Waals surface area contributed by atoms with Crippen molar-refractivity contribution in [2.75, 3.05) is 53.5 Å². The summed E-state index contributed by atoms with van der Waals surface area (Å²) in [6, 6.07) is 20.6. The van der Waals surface area contributed by atoms with Crippen LogP contribution in [0.3, 0.4) is 0 Å². The molecule has 2 aliphatic rings. The highest BCUT2D eigenvalue weighted by Gasteiger charge is 2.19. The predicted molar refractivity (Wildman–Crippen MR) is 168 cm³/mol. The summed E-state index contributed by atoms with van der Waals surface area (Å²) in [6.45, 7) is 6.16. The van der Waals surface area contributed by atoms with Gasteiger partial charge in [0.1, 0.15) is 23.1 Å². The lowest BCUT2D eigenvalue weighted by molar-refractivity contribution is 0.160. The van der Waals surface area contributed by atoms with Crippen molar-refractivity contribution < 1.29 is 9.47 Å². The summed E-state index contributed by atoms with van der Waals surface area (Å²) in [7, 11) is 4.38. The van der Waals surface area contributed by atoms with Gasteiger partial charge in [-0.3, -0.25) is 0 Å². The highest BCUT2D eigenvalue weighted by molar-refractivity contribution is 5.82. The molecule has 218 valence electrons. The molecule has 2 N–H and O–H groups in total. The monoisotopic (exact) mass is 564 g/mol. The van der Waals surface area contributed by atoms with Gasteiger partial charge in [0.15, 0.2) is 0 Å². The molecule has 4 heterocycles. The lowest BCUT2D eigenvalue weighted by atomic mass is 9.98. The number of imidazole rings is 2. The maximum atomic E-state index is 6.16. The fraction of sp³-hybridized carbons (Fsp3) is 0.412. The van der Waals surface area contributed by atoms with Crippen molar-refractivity contribution in [3.63, 3.8) is 0 Å². The van der Waals surface area contributed by atoms with Gasteiger partial charge in [-0.05, 0) is 102 Å². The van der Waals surface area contributed by atoms with E-state index in [2.05, 4.69) is 70.3 Å². The van der Waals surface area contributed by atoms with Gasteiger partial charge in [0.25, 0.3) is 0 Å². The number of likely N-dealkylation sites (tertiary alicyclic amines) is 2. The molecular formula is C34H40N6O2. The minimum absolute atomic E-state index is 0.629. The summed E-state index contributed by atoms with van der Waals surface area (Å²) in [4.78, 5) is 21.4. The molecule has 2 aromatic heterocycles. The lowest BCUT2D eigenvalue weighted by Crippen LogP contribution is -2.32. The van der Waals surface area contributed by atoms with Gasteiger partial charge in [-0.15, -0.1) is 0 Å². The first-order chi connectivity index (χ1) is 20.6. The third-order valence-electron chi connectivity index (χ3n) is 8.99. The SMILES string of the molecule is CN1CCC(COc2ccc3nc(-c4ccc(-c5nc6ccc(OCC7CCN(C)CC7)cc6[nH]5)cc4)[nH]c3c2)CC1. The fourth-order valence-corrected chi connectivity index (χ4v) is 6.10. The van der Waals surface area contributed by atoms with Crippen molar-refractivity contribution in [1.29, 1.82) is 0 Å². The highest BCUT2D eigenvalue weighted by atomic mass is 16.5. The van der Waals surface area contributed by atoms with Gasteiger partial charge in [-0.1, -0.05) is 24.3 Å². The zero-order chi connectivity index (χ0) is 28.5. The molecule has 0 spiro atoms. The number of fused-ring (bicyclic) bond motifs is 2. The van der Waals surface area contributed by atoms with Gasteiger partial charge in [-0.25, -0.2) is 9.97 Å². The van der Waals surface area contributed by atoms with Crippen LogP contribution in [0.25, 0.3) is 44.8 Å². The summed E-state index contributed by atoms with van der Waals surface area (Å²) in [5.41, 5.74) is 5.91. The smallest absolute Gasteiger partial charge is 0.138 e. The Balaban J connectivity index is 1.00. The summed E-state index contributed by atoms with van der Waals surface area (Å²) in [5, 5.41) is 0. The number of rotatable bonds is 8. The van der Waals surface area contributed by atoms with Gasteiger partial charge in [0.05, 0.1) is 35.3 Å². The molecule has 8 nitrogen and oxygen atoms in total. The molecular weight excluding hydrogens is 524 g/mol. The molecule has 8 heteroatoms. The number of aromatic nitrogens is 4. The van der Waals surface area contributed by atoms with Crippen LogP contribution in [0.4, 0.5) is 0 Å². The van der Waals surface area contributed by atoms with Gasteiger partial charge < -0.3 is 29.2 Å². The Bertz CT molecular complexity index is 1520. The van der Waals surface area contributed by atoms with E-state index < -0.39 is 0 Å². The Morgan fingerprint density at radius 1 is 0.619 bits per heavy atom. The number of ether oxygens (including phenoxy) is 2. The van der Waals surface area contributed by atoms with Crippen molar-refractivity contribution in [3.8, 4) is 34.3 Å². The summed E-state index contributed by atoms with van der Waals surface area (Å²) in [5.74, 6) is 4.74. The molecule has 0 aliphatic carbocycles. The van der Waals surface area contributed by atoms with Gasteiger partial charge >= 0.3 is 0 Å². The lowest BCUT2D eigenvalue weighted by Gasteiger charge is -2.28. The largest absolute Gasteiger partial charge is 0.493 e. The van der Waals surface area contributed by atoms with Crippen molar-refractivity contribution in [1.82, 2.24) is 29.7 Å². The molecule has 0 unspecified atom stereocenters. The number of hydrogen-bond acceptors (Lipinski definition) is 6. The Labute approximate surface area is 247 Å². The van der Waals surface area contributed by atoms with Gasteiger partial charge in [0.2, 0.25) is 0 Å². The average molecular weight is 565 g/mol. The van der Waals surface area contributed by atoms with E-state index in [1.165, 1.54) is 25.7 Å². The zero-order valence-electron chi connectivity index (χ0n) is 24.6. The van der Waals surface area contributed by atoms with Gasteiger partial charge in [-0.2, -0.15) is 0 Å². The second-order valence-electron chi connectivity index (χ2n) is 12.2. The van der Waals surface area contributed by atoms with E-state index in [4.69, 9.17) is 19.4 Å². The average Bonchev–Trinajstić information content (AvgIpc) is 3.64. The minimum atomic E-state index is 0.629. The second-order valence-corrected chi connectivity index (χ2v) is 12.2. The van der Waals surface area contributed by atoms with E-state index in [9.17, 15) is 0 Å². The first-order valence-corrected chi connectivity index (χ1v) is 15.3. The number of nitrogens with zero attached hydrogens (tertiary/aromatic N) is 4. The molecule has 0 saturated carbocycles. The van der Waals surface area contributed by atoms with E-state index >= 15 is 0 Å². The summed E-state index contributed by atoms with van der Waals surface area (Å²) < 4.78 is 12.3. The number of benzene rings is 3. The number of hydrogen-bond donors (Lipinski definition) is 2. The standard InChI is InChI=1S/C34H40N6O2/c1-39-15-11-23(12-16-39)21-41-27-7-9-29-31(19-27)37-33(35-29)25-3-5-26(6-4-25)34-36-30-10-8-28(20-32(30)38-34)42-22-24-13-17-40(2)18-14-24/h3-10,19-20,23-24H,11-18,21-22H2,1-2H3,(H,35,37)(H,36,38). The molecule has 3 aromatic carbocycles. The molecule has 0 amide bonds. The molecule has 2 aliphatic heterocycles. The molecule has 0 radical (unpaired) electrons. The van der Waals surface area contributed by atoms with E-state index in [0.717, 1.165) is 95.7 Å². The molecule has 5 aromatic rings. The highest BCUT2D eigenvalue weighted by Crippen LogP contribution is 2.29. The molecule has 7 rings (SSSR count). The maximum absolute atomic E-state index is 6.16. The first kappa shape index (κ1) is 27.0. The number of aromatic amines is 2. The zero-order valence-corrected chi connectivity index (χ0v) is 24.6. The quantitative estimate of drug-likeness (QED) is 0.233. The Hall–Kier alpha value is -3.88. The second kappa shape index (κ2) is 11.8. The van der Waals surface area contributed by atoms with Crippen LogP contribution >= 0.6 is 0 Å². The van der Waals surface area contributed by atoms with Crippen LogP contribution < -0.4 is 9.47 Å². The van der Waals surface area contributed by atoms with Crippen LogP contribution in [0.15, 0.2) is 60.7 Å². The van der Waals surface area contributed by atoms with Crippen LogP contribution in [0, 0.1) is 11.8 Å². The van der Waals surface area contributed by atoms with Gasteiger partial charge in [0, 0.05) is 23.3 Å². The van der Waals surface area contributed by atoms with Crippen molar-refractivity contribution in [2.24, 2.45) is 11.8 Å². The van der Waals surface area contributed by atoms with Crippen LogP contribution in [0.1, 0.15) is 25.7 Å². The van der Waals surface area contributed by atoms with E-state index in [-0.39, 0.29) is 0 Å². The topological polar surface area (TPSA) is 82.3 Å². The van der Waals surface area contributed by atoms with E-state index in [1.54, 1.807) is 0 Å². The summed E-state index contributed by atoms with van der Waals surface area (Å²) >= 11 is 0. The molecule has 42 heavy (non-hydrogen) atoms. The molecule has 0 bridgehead atoms. The number of H-pyrrole nitrogens is 2. The van der Waals surface area contributed by atoms with E-state index in [1.807, 2.05) is 24.3 Å². The molecule has 2 fully saturated rings. The Kier molecular flexibility index (Phi) is 7.57. The maximum Gasteiger partial charge on any atom is 0.138 e. The Morgan fingerprint density at radius 2 is 1.02 bits per heavy atom.